The van der Waals surface area contributed by atoms with Crippen molar-refractivity contribution in [1.29, 1.82) is 0 Å². The molecule has 0 saturated carbocycles. The maximum Gasteiger partial charge on any atom is 0.418 e. The third-order valence-electron chi connectivity index (χ3n) is 4.75. The van der Waals surface area contributed by atoms with Gasteiger partial charge in [0, 0.05) is 5.69 Å². The van der Waals surface area contributed by atoms with Gasteiger partial charge in [0.15, 0.2) is 9.84 Å². The molecule has 2 amide bonds. The highest BCUT2D eigenvalue weighted by Crippen LogP contribution is 2.36. The van der Waals surface area contributed by atoms with Crippen molar-refractivity contribution in [3.8, 4) is 0 Å². The van der Waals surface area contributed by atoms with Crippen LogP contribution in [0.3, 0.4) is 0 Å². The quantitative estimate of drug-likeness (QED) is 0.455. The molecule has 0 bridgehead atoms. The number of rotatable bonds is 9. The molecule has 0 aliphatic carbocycles. The van der Waals surface area contributed by atoms with Crippen molar-refractivity contribution >= 4 is 33.0 Å². The van der Waals surface area contributed by atoms with Gasteiger partial charge in [0.1, 0.15) is 12.0 Å². The fraction of sp³-hybridized carbons (Fsp3) is 0.217. The smallest absolute Gasteiger partial charge is 0.418 e. The molecule has 2 aromatic carbocycles. The number of hydrogen-bond acceptors (Lipinski definition) is 5. The zero-order valence-electron chi connectivity index (χ0n) is 17.8. The summed E-state index contributed by atoms with van der Waals surface area (Å²) in [5, 5.41) is 4.33. The lowest BCUT2D eigenvalue weighted by Gasteiger charge is -2.16. The number of nitrogens with one attached hydrogen (secondary N) is 2. The normalized spacial score (nSPS) is 11.7. The summed E-state index contributed by atoms with van der Waals surface area (Å²) in [6.45, 7) is 0. The summed E-state index contributed by atoms with van der Waals surface area (Å²) in [5.41, 5.74) is -0.948. The molecule has 0 aliphatic heterocycles. The van der Waals surface area contributed by atoms with Crippen molar-refractivity contribution in [1.82, 2.24) is 0 Å². The fourth-order valence-electron chi connectivity index (χ4n) is 3.16. The number of furan rings is 1. The summed E-state index contributed by atoms with van der Waals surface area (Å²) < 4.78 is 69.9. The molecular formula is C23H21F3N2O5S. The van der Waals surface area contributed by atoms with Crippen LogP contribution in [0.5, 0.6) is 0 Å². The van der Waals surface area contributed by atoms with Crippen LogP contribution in [0.25, 0.3) is 0 Å². The largest absolute Gasteiger partial charge is 0.472 e. The zero-order valence-corrected chi connectivity index (χ0v) is 18.6. The van der Waals surface area contributed by atoms with Crippen molar-refractivity contribution in [3.63, 3.8) is 0 Å². The van der Waals surface area contributed by atoms with Crippen LogP contribution in [-0.4, -0.2) is 31.7 Å². The van der Waals surface area contributed by atoms with Crippen LogP contribution in [0, 0.1) is 0 Å². The molecule has 1 aromatic heterocycles. The predicted octanol–water partition coefficient (Wildman–Crippen LogP) is 4.54. The molecule has 0 fully saturated rings. The fourth-order valence-corrected chi connectivity index (χ4v) is 4.36. The lowest BCUT2D eigenvalue weighted by Crippen LogP contribution is -2.26. The summed E-state index contributed by atoms with van der Waals surface area (Å²) in [7, 11) is -3.83. The second kappa shape index (κ2) is 10.6. The average Bonchev–Trinajstić information content (AvgIpc) is 3.29. The molecule has 0 spiro atoms. The Hall–Kier alpha value is -3.60. The van der Waals surface area contributed by atoms with Gasteiger partial charge >= 0.3 is 6.18 Å². The van der Waals surface area contributed by atoms with E-state index in [0.717, 1.165) is 24.0 Å². The minimum absolute atomic E-state index is 0.114. The van der Waals surface area contributed by atoms with Crippen molar-refractivity contribution in [2.75, 3.05) is 22.1 Å². The molecule has 0 radical (unpaired) electrons. The number of benzene rings is 2. The van der Waals surface area contributed by atoms with Crippen LogP contribution in [0.15, 0.2) is 71.5 Å². The van der Waals surface area contributed by atoms with E-state index >= 15 is 0 Å². The molecule has 1 heterocycles. The number of carbonyl (C=O) groups is 2. The van der Waals surface area contributed by atoms with Crippen molar-refractivity contribution in [2.45, 2.75) is 19.0 Å². The van der Waals surface area contributed by atoms with Crippen LogP contribution < -0.4 is 10.6 Å². The molecular weight excluding hydrogens is 473 g/mol. The molecule has 3 rings (SSSR count). The molecule has 34 heavy (non-hydrogen) atoms. The lowest BCUT2D eigenvalue weighted by atomic mass is 10.1. The highest BCUT2D eigenvalue weighted by molar-refractivity contribution is 7.92. The van der Waals surface area contributed by atoms with E-state index in [2.05, 4.69) is 5.32 Å². The molecule has 0 atom stereocenters. The van der Waals surface area contributed by atoms with Gasteiger partial charge in [-0.1, -0.05) is 30.3 Å². The number of alkyl halides is 3. The van der Waals surface area contributed by atoms with Gasteiger partial charge in [0.2, 0.25) is 5.91 Å². The highest BCUT2D eigenvalue weighted by Gasteiger charge is 2.34. The van der Waals surface area contributed by atoms with Crippen molar-refractivity contribution in [2.24, 2.45) is 0 Å². The van der Waals surface area contributed by atoms with Crippen LogP contribution in [0.2, 0.25) is 0 Å². The Morgan fingerprint density at radius 2 is 1.71 bits per heavy atom. The van der Waals surface area contributed by atoms with E-state index < -0.39 is 44.8 Å². The second-order valence-corrected chi connectivity index (χ2v) is 9.64. The Labute approximate surface area is 193 Å². The zero-order chi connectivity index (χ0) is 24.8. The summed E-state index contributed by atoms with van der Waals surface area (Å²) in [6.07, 6.45) is -1.72. The number of amides is 2. The topological polar surface area (TPSA) is 105 Å². The Bertz CT molecular complexity index is 1240. The SMILES string of the molecule is O=C(CS(=O)(=O)CCCc1ccccc1)Nc1ccc(NC(=O)c2ccoc2)cc1C(F)(F)F. The first-order valence-corrected chi connectivity index (χ1v) is 11.9. The maximum absolute atomic E-state index is 13.6. The highest BCUT2D eigenvalue weighted by atomic mass is 32.2. The van der Waals surface area contributed by atoms with E-state index in [9.17, 15) is 31.2 Å². The van der Waals surface area contributed by atoms with Crippen LogP contribution >= 0.6 is 0 Å². The first-order valence-electron chi connectivity index (χ1n) is 10.1. The van der Waals surface area contributed by atoms with Gasteiger partial charge in [-0.05, 0) is 42.7 Å². The predicted molar refractivity (Wildman–Crippen MR) is 120 cm³/mol. The van der Waals surface area contributed by atoms with Gasteiger partial charge in [0.05, 0.1) is 28.8 Å². The standard InChI is InChI=1S/C23H21F3N2O5S/c24-23(25,26)19-13-18(27-22(30)17-10-11-33-14-17)8-9-20(19)28-21(29)15-34(31,32)12-4-7-16-5-2-1-3-6-16/h1-3,5-6,8-11,13-14H,4,7,12,15H2,(H,27,30)(H,28,29). The maximum atomic E-state index is 13.6. The van der Waals surface area contributed by atoms with E-state index in [4.69, 9.17) is 4.42 Å². The number of hydrogen-bond donors (Lipinski definition) is 2. The van der Waals surface area contributed by atoms with Crippen molar-refractivity contribution < 1.29 is 35.6 Å². The van der Waals surface area contributed by atoms with Crippen LogP contribution in [-0.2, 0) is 27.2 Å². The minimum Gasteiger partial charge on any atom is -0.472 e. The first kappa shape index (κ1) is 25.0. The van der Waals surface area contributed by atoms with Gasteiger partial charge < -0.3 is 15.1 Å². The number of anilines is 2. The van der Waals surface area contributed by atoms with Gasteiger partial charge in [-0.2, -0.15) is 13.2 Å². The average molecular weight is 494 g/mol. The minimum atomic E-state index is -4.87. The first-order chi connectivity index (χ1) is 16.0. The van der Waals surface area contributed by atoms with Gasteiger partial charge in [-0.15, -0.1) is 0 Å². The Balaban J connectivity index is 1.64. The summed E-state index contributed by atoms with van der Waals surface area (Å²) in [4.78, 5) is 24.3. The molecule has 11 heteroatoms. The van der Waals surface area contributed by atoms with Gasteiger partial charge in [-0.25, -0.2) is 8.42 Å². The monoisotopic (exact) mass is 494 g/mol. The van der Waals surface area contributed by atoms with Gasteiger partial charge in [0.25, 0.3) is 5.91 Å². The lowest BCUT2D eigenvalue weighted by molar-refractivity contribution is -0.136. The van der Waals surface area contributed by atoms with E-state index in [0.29, 0.717) is 12.5 Å². The molecule has 0 saturated heterocycles. The number of sulfone groups is 1. The van der Waals surface area contributed by atoms with Crippen LogP contribution in [0.4, 0.5) is 24.5 Å². The number of aryl methyl sites for hydroxylation is 1. The number of halogens is 3. The van der Waals surface area contributed by atoms with Crippen LogP contribution in [0.1, 0.15) is 27.9 Å². The molecule has 2 N–H and O–H groups in total. The van der Waals surface area contributed by atoms with Gasteiger partial charge in [-0.3, -0.25) is 9.59 Å². The molecule has 0 aliphatic rings. The summed E-state index contributed by atoms with van der Waals surface area (Å²) in [5.74, 6) is -2.99. The molecule has 180 valence electrons. The van der Waals surface area contributed by atoms with E-state index in [1.165, 1.54) is 12.3 Å². The Kier molecular flexibility index (Phi) is 7.77. The summed E-state index contributed by atoms with van der Waals surface area (Å²) >= 11 is 0. The molecule has 0 unspecified atom stereocenters. The van der Waals surface area contributed by atoms with E-state index in [1.807, 2.05) is 35.6 Å². The van der Waals surface area contributed by atoms with E-state index in [-0.39, 0.29) is 23.4 Å². The Morgan fingerprint density at radius 1 is 0.971 bits per heavy atom. The Morgan fingerprint density at radius 3 is 2.35 bits per heavy atom. The summed E-state index contributed by atoms with van der Waals surface area (Å²) in [6, 6.07) is 13.3. The third kappa shape index (κ3) is 7.20. The van der Waals surface area contributed by atoms with E-state index in [1.54, 1.807) is 0 Å². The molecule has 7 nitrogen and oxygen atoms in total. The molecule has 3 aromatic rings. The third-order valence-corrected chi connectivity index (χ3v) is 6.37. The number of carbonyl (C=O) groups excluding carboxylic acids is 2. The second-order valence-electron chi connectivity index (χ2n) is 7.45. The van der Waals surface area contributed by atoms with Crippen molar-refractivity contribution in [3.05, 3.63) is 83.8 Å².